The number of carbonyl (C=O) groups excluding carboxylic acids is 1. The van der Waals surface area contributed by atoms with E-state index in [-0.39, 0.29) is 34.2 Å². The number of aromatic nitrogens is 2. The van der Waals surface area contributed by atoms with Gasteiger partial charge in [-0.05, 0) is 48.5 Å². The van der Waals surface area contributed by atoms with Crippen LogP contribution in [-0.4, -0.2) is 20.8 Å². The lowest BCUT2D eigenvalue weighted by Gasteiger charge is -2.10. The fraction of sp³-hybridized carbons (Fsp3) is 0.0435. The van der Waals surface area contributed by atoms with Gasteiger partial charge in [-0.25, -0.2) is 4.68 Å². The van der Waals surface area contributed by atoms with Gasteiger partial charge >= 0.3 is 6.18 Å². The Morgan fingerprint density at radius 2 is 1.67 bits per heavy atom. The molecule has 1 amide bonds. The second kappa shape index (κ2) is 8.80. The zero-order valence-corrected chi connectivity index (χ0v) is 18.1. The Morgan fingerprint density at radius 3 is 2.30 bits per heavy atom. The fourth-order valence-electron chi connectivity index (χ4n) is 3.11. The first-order valence-electron chi connectivity index (χ1n) is 9.46. The monoisotopic (exact) mass is 493 g/mol. The summed E-state index contributed by atoms with van der Waals surface area (Å²) in [5, 5.41) is 16.1. The van der Waals surface area contributed by atoms with Crippen LogP contribution < -0.4 is 5.32 Å². The number of halogens is 5. The third-order valence-electron chi connectivity index (χ3n) is 4.73. The molecule has 5 nitrogen and oxygen atoms in total. The third-order valence-corrected chi connectivity index (χ3v) is 5.35. The number of amides is 1. The van der Waals surface area contributed by atoms with E-state index in [2.05, 4.69) is 10.4 Å². The molecule has 0 unspecified atom stereocenters. The predicted molar refractivity (Wildman–Crippen MR) is 122 cm³/mol. The SMILES string of the molecule is O=C(Nc1ccc(O)c(Cl)c1)c1ccc(-c2cc(C(F)(F)F)nn2-c2ccccc2Cl)cc1.[HH]. The van der Waals surface area contributed by atoms with Crippen LogP contribution in [0.25, 0.3) is 16.9 Å². The van der Waals surface area contributed by atoms with E-state index in [0.29, 0.717) is 11.3 Å². The van der Waals surface area contributed by atoms with Gasteiger partial charge in [-0.1, -0.05) is 47.5 Å². The van der Waals surface area contributed by atoms with Crippen molar-refractivity contribution in [2.45, 2.75) is 6.18 Å². The maximum Gasteiger partial charge on any atom is 0.435 e. The van der Waals surface area contributed by atoms with Gasteiger partial charge in [0, 0.05) is 18.2 Å². The summed E-state index contributed by atoms with van der Waals surface area (Å²) in [6.07, 6.45) is -4.65. The maximum absolute atomic E-state index is 13.4. The van der Waals surface area contributed by atoms with Gasteiger partial charge in [-0.3, -0.25) is 4.79 Å². The topological polar surface area (TPSA) is 67.2 Å². The Kier molecular flexibility index (Phi) is 6.05. The van der Waals surface area contributed by atoms with E-state index in [4.69, 9.17) is 23.2 Å². The number of phenols is 1. The van der Waals surface area contributed by atoms with Gasteiger partial charge in [0.1, 0.15) is 5.75 Å². The Labute approximate surface area is 197 Å². The molecule has 1 heterocycles. The van der Waals surface area contributed by atoms with Crippen molar-refractivity contribution < 1.29 is 24.5 Å². The van der Waals surface area contributed by atoms with Crippen LogP contribution in [0.4, 0.5) is 18.9 Å². The number of nitrogens with zero attached hydrogens (tertiary/aromatic N) is 2. The zero-order valence-electron chi connectivity index (χ0n) is 16.6. The average Bonchev–Trinajstić information content (AvgIpc) is 3.22. The molecule has 0 bridgehead atoms. The van der Waals surface area contributed by atoms with Gasteiger partial charge in [0.2, 0.25) is 0 Å². The highest BCUT2D eigenvalue weighted by molar-refractivity contribution is 6.32. The largest absolute Gasteiger partial charge is 0.506 e. The first-order chi connectivity index (χ1) is 15.6. The molecule has 0 atom stereocenters. The van der Waals surface area contributed by atoms with Crippen LogP contribution in [0.2, 0.25) is 10.0 Å². The fourth-order valence-corrected chi connectivity index (χ4v) is 3.51. The van der Waals surface area contributed by atoms with Crippen LogP contribution in [0.1, 0.15) is 17.5 Å². The van der Waals surface area contributed by atoms with Crippen molar-refractivity contribution in [3.05, 3.63) is 94.1 Å². The van der Waals surface area contributed by atoms with Crippen molar-refractivity contribution in [2.24, 2.45) is 0 Å². The third kappa shape index (κ3) is 4.81. The minimum Gasteiger partial charge on any atom is -0.506 e. The van der Waals surface area contributed by atoms with E-state index >= 15 is 0 Å². The molecule has 4 aromatic rings. The van der Waals surface area contributed by atoms with E-state index in [0.717, 1.165) is 10.7 Å². The first kappa shape index (κ1) is 22.7. The summed E-state index contributed by atoms with van der Waals surface area (Å²) < 4.78 is 41.2. The summed E-state index contributed by atoms with van der Waals surface area (Å²) in [6, 6.07) is 17.5. The van der Waals surface area contributed by atoms with Crippen molar-refractivity contribution in [1.82, 2.24) is 9.78 Å². The Bertz CT molecular complexity index is 1340. The Hall–Kier alpha value is -3.49. The molecule has 0 radical (unpaired) electrons. The van der Waals surface area contributed by atoms with E-state index in [1.54, 1.807) is 24.3 Å². The molecule has 170 valence electrons. The molecule has 0 aliphatic heterocycles. The second-order valence-electron chi connectivity index (χ2n) is 6.97. The summed E-state index contributed by atoms with van der Waals surface area (Å²) >= 11 is 12.0. The minimum atomic E-state index is -4.65. The number of aromatic hydroxyl groups is 1. The van der Waals surface area contributed by atoms with Crippen molar-refractivity contribution >= 4 is 34.8 Å². The lowest BCUT2D eigenvalue weighted by atomic mass is 10.1. The second-order valence-corrected chi connectivity index (χ2v) is 7.79. The van der Waals surface area contributed by atoms with E-state index in [1.807, 2.05) is 0 Å². The van der Waals surface area contributed by atoms with Crippen LogP contribution in [0.5, 0.6) is 5.75 Å². The Morgan fingerprint density at radius 1 is 0.970 bits per heavy atom. The number of nitrogens with one attached hydrogen (secondary N) is 1. The molecular formula is C23H16Cl2F3N3O2. The van der Waals surface area contributed by atoms with Crippen LogP contribution in [-0.2, 0) is 6.18 Å². The van der Waals surface area contributed by atoms with Gasteiger partial charge in [0.25, 0.3) is 5.91 Å². The number of hydrogen-bond acceptors (Lipinski definition) is 3. The molecule has 0 aliphatic carbocycles. The molecule has 0 spiro atoms. The lowest BCUT2D eigenvalue weighted by Crippen LogP contribution is -2.11. The number of phenolic OH excluding ortho intramolecular Hbond substituents is 1. The predicted octanol–water partition coefficient (Wildman–Crippen LogP) is 7.07. The van der Waals surface area contributed by atoms with Crippen molar-refractivity contribution in [3.8, 4) is 22.7 Å². The normalized spacial score (nSPS) is 11.4. The van der Waals surface area contributed by atoms with E-state index in [9.17, 15) is 23.1 Å². The number of para-hydroxylation sites is 1. The summed E-state index contributed by atoms with van der Waals surface area (Å²) in [5.41, 5.74) is 0.426. The van der Waals surface area contributed by atoms with Gasteiger partial charge in [0.05, 0.1) is 21.4 Å². The highest BCUT2D eigenvalue weighted by Crippen LogP contribution is 2.34. The molecule has 4 rings (SSSR count). The number of alkyl halides is 3. The molecule has 0 aliphatic rings. The number of hydrogen-bond donors (Lipinski definition) is 2. The molecule has 1 aromatic heterocycles. The summed E-state index contributed by atoms with van der Waals surface area (Å²) in [5.74, 6) is -0.578. The van der Waals surface area contributed by atoms with Crippen LogP contribution in [0.3, 0.4) is 0 Å². The number of carbonyl (C=O) groups is 1. The van der Waals surface area contributed by atoms with Crippen LogP contribution >= 0.6 is 23.2 Å². The number of benzene rings is 3. The quantitative estimate of drug-likeness (QED) is 0.298. The summed E-state index contributed by atoms with van der Waals surface area (Å²) in [4.78, 5) is 12.5. The summed E-state index contributed by atoms with van der Waals surface area (Å²) in [6.45, 7) is 0. The lowest BCUT2D eigenvalue weighted by molar-refractivity contribution is -0.141. The molecule has 10 heteroatoms. The molecule has 0 saturated carbocycles. The summed E-state index contributed by atoms with van der Waals surface area (Å²) in [7, 11) is 0. The number of anilines is 1. The standard InChI is InChI=1S/C23H14Cl2F3N3O2.H2/c24-16-3-1-2-4-18(16)31-19(12-21(30-31)23(26,27)28)13-5-7-14(8-6-13)22(33)29-15-9-10-20(32)17(25)11-15;/h1-12,32H,(H,29,33);1H. The highest BCUT2D eigenvalue weighted by Gasteiger charge is 2.35. The van der Waals surface area contributed by atoms with Gasteiger partial charge in [0.15, 0.2) is 5.69 Å². The smallest absolute Gasteiger partial charge is 0.435 e. The molecule has 0 fully saturated rings. The number of rotatable bonds is 4. The molecular weight excluding hydrogens is 478 g/mol. The molecule has 3 aromatic carbocycles. The maximum atomic E-state index is 13.4. The minimum absolute atomic E-state index is 0. The van der Waals surface area contributed by atoms with Gasteiger partial charge in [-0.2, -0.15) is 18.3 Å². The van der Waals surface area contributed by atoms with E-state index in [1.165, 1.54) is 42.5 Å². The first-order valence-corrected chi connectivity index (χ1v) is 10.2. The zero-order chi connectivity index (χ0) is 23.8. The highest BCUT2D eigenvalue weighted by atomic mass is 35.5. The Balaban J connectivity index is 0.00000324. The van der Waals surface area contributed by atoms with Crippen molar-refractivity contribution in [1.29, 1.82) is 0 Å². The van der Waals surface area contributed by atoms with Crippen LogP contribution in [0, 0.1) is 0 Å². The van der Waals surface area contributed by atoms with E-state index < -0.39 is 17.8 Å². The van der Waals surface area contributed by atoms with Crippen molar-refractivity contribution in [3.63, 3.8) is 0 Å². The molecule has 0 saturated heterocycles. The van der Waals surface area contributed by atoms with Crippen molar-refractivity contribution in [2.75, 3.05) is 5.32 Å². The van der Waals surface area contributed by atoms with Crippen LogP contribution in [0.15, 0.2) is 72.8 Å². The molecule has 33 heavy (non-hydrogen) atoms. The van der Waals surface area contributed by atoms with Gasteiger partial charge < -0.3 is 10.4 Å². The van der Waals surface area contributed by atoms with Gasteiger partial charge in [-0.15, -0.1) is 0 Å². The average molecular weight is 494 g/mol. The molecule has 2 N–H and O–H groups in total.